The molecular weight excluding hydrogens is 1010 g/mol. The van der Waals surface area contributed by atoms with Crippen molar-refractivity contribution >= 4 is 11.9 Å². The highest BCUT2D eigenvalue weighted by Gasteiger charge is 2.18. The van der Waals surface area contributed by atoms with Gasteiger partial charge in [-0.25, -0.2) is 0 Å². The van der Waals surface area contributed by atoms with Crippen molar-refractivity contribution in [3.05, 3.63) is 24.3 Å². The third-order valence-corrected chi connectivity index (χ3v) is 17.7. The summed E-state index contributed by atoms with van der Waals surface area (Å²) in [5.41, 5.74) is 0. The first-order chi connectivity index (χ1) is 40.5. The molecule has 2 atom stereocenters. The fourth-order valence-corrected chi connectivity index (χ4v) is 12.0. The first-order valence-electron chi connectivity index (χ1n) is 37.6. The van der Waals surface area contributed by atoms with Gasteiger partial charge in [-0.3, -0.25) is 9.59 Å². The molecule has 6 heteroatoms. The summed E-state index contributed by atoms with van der Waals surface area (Å²) in [5, 5.41) is 23.3. The van der Waals surface area contributed by atoms with E-state index >= 15 is 0 Å². The molecule has 3 N–H and O–H groups in total. The number of ether oxygens (including phenoxy) is 1. The summed E-state index contributed by atoms with van der Waals surface area (Å²) >= 11 is 0. The molecule has 82 heavy (non-hydrogen) atoms. The van der Waals surface area contributed by atoms with Gasteiger partial charge in [0.05, 0.1) is 25.4 Å². The van der Waals surface area contributed by atoms with Gasteiger partial charge in [-0.2, -0.15) is 0 Å². The fourth-order valence-electron chi connectivity index (χ4n) is 12.0. The largest absolute Gasteiger partial charge is 0.466 e. The van der Waals surface area contributed by atoms with Gasteiger partial charge in [0.15, 0.2) is 0 Å². The second kappa shape index (κ2) is 71.8. The number of nitrogens with one attached hydrogen (secondary N) is 1. The Labute approximate surface area is 513 Å². The molecule has 0 heterocycles. The topological polar surface area (TPSA) is 95.9 Å². The van der Waals surface area contributed by atoms with Crippen molar-refractivity contribution in [3.8, 4) is 0 Å². The van der Waals surface area contributed by atoms with Gasteiger partial charge in [0, 0.05) is 12.8 Å². The van der Waals surface area contributed by atoms with Crippen molar-refractivity contribution in [3.63, 3.8) is 0 Å². The van der Waals surface area contributed by atoms with Crippen LogP contribution in [0.1, 0.15) is 425 Å². The second-order valence-electron chi connectivity index (χ2n) is 26.0. The lowest BCUT2D eigenvalue weighted by Gasteiger charge is -2.20. The number of carbonyl (C=O) groups excluding carboxylic acids is 2. The predicted octanol–water partition coefficient (Wildman–Crippen LogP) is 24.5. The maximum atomic E-state index is 12.5. The Balaban J connectivity index is 3.36. The summed E-state index contributed by atoms with van der Waals surface area (Å²) < 4.78 is 5.51. The average molecular weight is 1160 g/mol. The minimum atomic E-state index is -0.843. The molecule has 6 nitrogen and oxygen atoms in total. The van der Waals surface area contributed by atoms with Crippen LogP contribution in [0.2, 0.25) is 0 Å². The van der Waals surface area contributed by atoms with E-state index in [4.69, 9.17) is 4.74 Å². The van der Waals surface area contributed by atoms with Crippen LogP contribution in [0.3, 0.4) is 0 Å². The number of aliphatic hydroxyl groups excluding tert-OH is 2. The number of rotatable bonds is 71. The van der Waals surface area contributed by atoms with Crippen molar-refractivity contribution in [2.75, 3.05) is 13.2 Å². The quantitative estimate of drug-likeness (QED) is 0.0320. The molecule has 0 aromatic carbocycles. The van der Waals surface area contributed by atoms with Crippen molar-refractivity contribution in [2.45, 2.75) is 437 Å². The van der Waals surface area contributed by atoms with E-state index < -0.39 is 12.1 Å². The van der Waals surface area contributed by atoms with E-state index in [0.717, 1.165) is 44.9 Å². The molecule has 0 bridgehead atoms. The Kier molecular flexibility index (Phi) is 70.4. The third kappa shape index (κ3) is 67.5. The number of allylic oxidation sites excluding steroid dienone is 3. The highest BCUT2D eigenvalue weighted by atomic mass is 16.5. The van der Waals surface area contributed by atoms with E-state index in [-0.39, 0.29) is 18.5 Å². The monoisotopic (exact) mass is 1150 g/mol. The molecule has 0 aromatic rings. The minimum absolute atomic E-state index is 0.0161. The molecule has 0 radical (unpaired) electrons. The maximum Gasteiger partial charge on any atom is 0.305 e. The van der Waals surface area contributed by atoms with Gasteiger partial charge < -0.3 is 20.3 Å². The van der Waals surface area contributed by atoms with Crippen LogP contribution in [0.15, 0.2) is 24.3 Å². The summed E-state index contributed by atoms with van der Waals surface area (Å²) in [5.74, 6) is -0.0445. The summed E-state index contributed by atoms with van der Waals surface area (Å²) in [7, 11) is 0. The zero-order valence-electron chi connectivity index (χ0n) is 55.8. The zero-order valence-corrected chi connectivity index (χ0v) is 55.8. The predicted molar refractivity (Wildman–Crippen MR) is 361 cm³/mol. The van der Waals surface area contributed by atoms with Gasteiger partial charge in [0.25, 0.3) is 0 Å². The number of carbonyl (C=O) groups is 2. The second-order valence-corrected chi connectivity index (χ2v) is 26.0. The Hall–Kier alpha value is -1.66. The highest BCUT2D eigenvalue weighted by Crippen LogP contribution is 2.19. The number of unbranched alkanes of at least 4 members (excludes halogenated alkanes) is 58. The number of hydrogen-bond donors (Lipinski definition) is 3. The highest BCUT2D eigenvalue weighted by molar-refractivity contribution is 5.76. The molecule has 0 saturated carbocycles. The van der Waals surface area contributed by atoms with Gasteiger partial charge in [-0.15, -0.1) is 0 Å². The van der Waals surface area contributed by atoms with E-state index in [0.29, 0.717) is 19.4 Å². The fraction of sp³-hybridized carbons (Fsp3) is 0.921. The number of hydrogen-bond acceptors (Lipinski definition) is 5. The van der Waals surface area contributed by atoms with Crippen LogP contribution in [-0.2, 0) is 14.3 Å². The Morgan fingerprint density at radius 2 is 0.573 bits per heavy atom. The van der Waals surface area contributed by atoms with Crippen LogP contribution in [-0.4, -0.2) is 47.4 Å². The summed E-state index contributed by atoms with van der Waals surface area (Å²) in [6, 6.07) is -0.626. The zero-order chi connectivity index (χ0) is 59.2. The van der Waals surface area contributed by atoms with Crippen LogP contribution >= 0.6 is 0 Å². The molecule has 1 amide bonds. The molecule has 0 aromatic heterocycles. The Morgan fingerprint density at radius 3 is 0.866 bits per heavy atom. The van der Waals surface area contributed by atoms with Crippen molar-refractivity contribution in [2.24, 2.45) is 0 Å². The van der Waals surface area contributed by atoms with E-state index in [1.54, 1.807) is 6.08 Å². The van der Waals surface area contributed by atoms with E-state index in [9.17, 15) is 19.8 Å². The van der Waals surface area contributed by atoms with Gasteiger partial charge in [-0.05, 0) is 57.8 Å². The smallest absolute Gasteiger partial charge is 0.305 e. The summed E-state index contributed by atoms with van der Waals surface area (Å²) in [4.78, 5) is 24.6. The van der Waals surface area contributed by atoms with Crippen LogP contribution in [0.25, 0.3) is 0 Å². The van der Waals surface area contributed by atoms with Gasteiger partial charge >= 0.3 is 5.97 Å². The van der Waals surface area contributed by atoms with Crippen molar-refractivity contribution in [1.29, 1.82) is 0 Å². The molecule has 2 unspecified atom stereocenters. The molecule has 0 fully saturated rings. The van der Waals surface area contributed by atoms with Gasteiger partial charge in [0.1, 0.15) is 0 Å². The SMILES string of the molecule is CCCCCCCC/C=C\CCCCCCCCCC(=O)OCCCCCCCCCCCCCCCCCCCCCCCCCCCCCCC(=O)NC(CO)C(O)/C=C/CCCCCCCCCCCCCCCCCCCC. The van der Waals surface area contributed by atoms with E-state index in [2.05, 4.69) is 31.3 Å². The molecule has 0 spiro atoms. The Bertz CT molecular complexity index is 1280. The number of amides is 1. The molecule has 0 aliphatic heterocycles. The number of esters is 1. The molecule has 0 aliphatic rings. The van der Waals surface area contributed by atoms with Crippen LogP contribution in [0.5, 0.6) is 0 Å². The maximum absolute atomic E-state index is 12.5. The Morgan fingerprint density at radius 1 is 0.329 bits per heavy atom. The summed E-state index contributed by atoms with van der Waals surface area (Å²) in [6.07, 6.45) is 91.3. The van der Waals surface area contributed by atoms with Crippen molar-refractivity contribution < 1.29 is 24.5 Å². The number of aliphatic hydroxyl groups is 2. The summed E-state index contributed by atoms with van der Waals surface area (Å²) in [6.45, 7) is 4.95. The van der Waals surface area contributed by atoms with Crippen LogP contribution < -0.4 is 5.32 Å². The lowest BCUT2D eigenvalue weighted by molar-refractivity contribution is -0.143. The average Bonchev–Trinajstić information content (AvgIpc) is 3.48. The molecule has 0 rings (SSSR count). The van der Waals surface area contributed by atoms with Crippen LogP contribution in [0, 0.1) is 0 Å². The first-order valence-corrected chi connectivity index (χ1v) is 37.6. The van der Waals surface area contributed by atoms with Crippen molar-refractivity contribution in [1.82, 2.24) is 5.32 Å². The third-order valence-electron chi connectivity index (χ3n) is 17.7. The normalized spacial score (nSPS) is 12.6. The van der Waals surface area contributed by atoms with Gasteiger partial charge in [-0.1, -0.05) is 378 Å². The molecular formula is C76H147NO5. The molecule has 0 saturated heterocycles. The minimum Gasteiger partial charge on any atom is -0.466 e. The van der Waals surface area contributed by atoms with E-state index in [1.165, 1.54) is 353 Å². The lowest BCUT2D eigenvalue weighted by atomic mass is 10.0. The lowest BCUT2D eigenvalue weighted by Crippen LogP contribution is -2.45. The van der Waals surface area contributed by atoms with E-state index in [1.807, 2.05) is 6.08 Å². The van der Waals surface area contributed by atoms with Crippen LogP contribution in [0.4, 0.5) is 0 Å². The molecule has 0 aliphatic carbocycles. The molecule has 486 valence electrons. The standard InChI is InChI=1S/C76H147NO5/c1-3-5-7-9-11-13-15-17-19-21-22-33-37-40-44-48-52-56-60-64-68-74(79)73(72-78)77-75(80)69-65-61-57-53-49-45-41-38-34-31-29-27-25-23-24-26-28-30-32-35-39-43-47-51-55-59-63-67-71-82-76(81)70-66-62-58-54-50-46-42-36-20-18-16-14-12-10-8-6-4-2/h18,20,64,68,73-74,78-79H,3-17,19,21-63,65-67,69-72H2,1-2H3,(H,77,80)/b20-18-,68-64+. The van der Waals surface area contributed by atoms with Gasteiger partial charge in [0.2, 0.25) is 5.91 Å². The first kappa shape index (κ1) is 80.3.